The van der Waals surface area contributed by atoms with Gasteiger partial charge >= 0.3 is 0 Å². The molecule has 1 amide bonds. The number of hydrogen-bond donors (Lipinski definition) is 2. The molecule has 0 unspecified atom stereocenters. The van der Waals surface area contributed by atoms with E-state index in [9.17, 15) is 4.79 Å². The van der Waals surface area contributed by atoms with Gasteiger partial charge in [-0.05, 0) is 56.1 Å². The Bertz CT molecular complexity index is 422. The standard InChI is InChI=1S/C16H25N3O/c1-2-13-7-10-19(11-8-13)12-9-16(20)18-15-5-3-14(17)4-6-15/h3-6,13H,2,7-12,17H2,1H3,(H,18,20). The number of nitrogens with one attached hydrogen (secondary N) is 1. The highest BCUT2D eigenvalue weighted by Gasteiger charge is 2.17. The fourth-order valence-corrected chi connectivity index (χ4v) is 2.67. The third-order valence-electron chi connectivity index (χ3n) is 4.13. The highest BCUT2D eigenvalue weighted by molar-refractivity contribution is 5.90. The molecule has 0 bridgehead atoms. The Labute approximate surface area is 121 Å². The average Bonchev–Trinajstić information content (AvgIpc) is 2.48. The van der Waals surface area contributed by atoms with Gasteiger partial charge in [-0.15, -0.1) is 0 Å². The molecule has 2 rings (SSSR count). The second-order valence-corrected chi connectivity index (χ2v) is 5.61. The summed E-state index contributed by atoms with van der Waals surface area (Å²) >= 11 is 0. The lowest BCUT2D eigenvalue weighted by Crippen LogP contribution is -2.35. The Morgan fingerprint density at radius 1 is 1.30 bits per heavy atom. The number of nitrogens with two attached hydrogens (primary N) is 1. The first-order valence-corrected chi connectivity index (χ1v) is 7.55. The Balaban J connectivity index is 1.69. The van der Waals surface area contributed by atoms with Gasteiger partial charge in [-0.2, -0.15) is 0 Å². The van der Waals surface area contributed by atoms with Gasteiger partial charge in [0.15, 0.2) is 0 Å². The molecule has 4 heteroatoms. The predicted octanol–water partition coefficient (Wildman–Crippen LogP) is 2.72. The summed E-state index contributed by atoms with van der Waals surface area (Å²) < 4.78 is 0. The van der Waals surface area contributed by atoms with Gasteiger partial charge in [0.2, 0.25) is 5.91 Å². The number of likely N-dealkylation sites (tertiary alicyclic amines) is 1. The van der Waals surface area contributed by atoms with Gasteiger partial charge in [-0.25, -0.2) is 0 Å². The zero-order valence-corrected chi connectivity index (χ0v) is 12.3. The number of amides is 1. The lowest BCUT2D eigenvalue weighted by molar-refractivity contribution is -0.116. The van der Waals surface area contributed by atoms with Crippen molar-refractivity contribution in [2.45, 2.75) is 32.6 Å². The summed E-state index contributed by atoms with van der Waals surface area (Å²) in [5.41, 5.74) is 7.14. The molecule has 1 aliphatic rings. The minimum absolute atomic E-state index is 0.0763. The molecule has 1 saturated heterocycles. The van der Waals surface area contributed by atoms with E-state index in [4.69, 9.17) is 5.73 Å². The van der Waals surface area contributed by atoms with Gasteiger partial charge in [0.05, 0.1) is 0 Å². The summed E-state index contributed by atoms with van der Waals surface area (Å²) in [6.07, 6.45) is 4.39. The number of rotatable bonds is 5. The van der Waals surface area contributed by atoms with Crippen LogP contribution in [0.25, 0.3) is 0 Å². The maximum absolute atomic E-state index is 11.9. The van der Waals surface area contributed by atoms with E-state index in [-0.39, 0.29) is 5.91 Å². The maximum atomic E-state index is 11.9. The summed E-state index contributed by atoms with van der Waals surface area (Å²) in [4.78, 5) is 14.3. The second-order valence-electron chi connectivity index (χ2n) is 5.61. The molecule has 110 valence electrons. The lowest BCUT2D eigenvalue weighted by atomic mass is 9.94. The van der Waals surface area contributed by atoms with Gasteiger partial charge in [0.25, 0.3) is 0 Å². The van der Waals surface area contributed by atoms with Gasteiger partial charge in [0, 0.05) is 24.3 Å². The van der Waals surface area contributed by atoms with Crippen LogP contribution < -0.4 is 11.1 Å². The van der Waals surface area contributed by atoms with E-state index in [0.29, 0.717) is 12.1 Å². The summed E-state index contributed by atoms with van der Waals surface area (Å²) in [5.74, 6) is 0.960. The van der Waals surface area contributed by atoms with Crippen LogP contribution in [0.15, 0.2) is 24.3 Å². The maximum Gasteiger partial charge on any atom is 0.225 e. The summed E-state index contributed by atoms with van der Waals surface area (Å²) in [6.45, 7) is 5.39. The zero-order valence-electron chi connectivity index (χ0n) is 12.3. The van der Waals surface area contributed by atoms with Crippen LogP contribution in [-0.4, -0.2) is 30.4 Å². The molecule has 0 aliphatic carbocycles. The minimum atomic E-state index is 0.0763. The molecule has 1 aliphatic heterocycles. The summed E-state index contributed by atoms with van der Waals surface area (Å²) in [7, 11) is 0. The van der Waals surface area contributed by atoms with Crippen molar-refractivity contribution >= 4 is 17.3 Å². The van der Waals surface area contributed by atoms with Crippen molar-refractivity contribution in [1.82, 2.24) is 4.90 Å². The number of benzene rings is 1. The zero-order chi connectivity index (χ0) is 14.4. The molecule has 1 aromatic rings. The molecule has 0 aromatic heterocycles. The van der Waals surface area contributed by atoms with E-state index in [0.717, 1.165) is 31.2 Å². The van der Waals surface area contributed by atoms with Crippen LogP contribution in [0.3, 0.4) is 0 Å². The first-order valence-electron chi connectivity index (χ1n) is 7.55. The minimum Gasteiger partial charge on any atom is -0.399 e. The number of carbonyl (C=O) groups is 1. The predicted molar refractivity (Wildman–Crippen MR) is 83.6 cm³/mol. The normalized spacial score (nSPS) is 17.1. The van der Waals surface area contributed by atoms with E-state index in [2.05, 4.69) is 17.1 Å². The number of carbonyl (C=O) groups excluding carboxylic acids is 1. The van der Waals surface area contributed by atoms with Gasteiger partial charge in [-0.1, -0.05) is 13.3 Å². The molecule has 0 atom stereocenters. The quantitative estimate of drug-likeness (QED) is 0.812. The van der Waals surface area contributed by atoms with Crippen LogP contribution in [0.1, 0.15) is 32.6 Å². The molecule has 1 fully saturated rings. The summed E-state index contributed by atoms with van der Waals surface area (Å²) in [6, 6.07) is 7.26. The Kier molecular flexibility index (Phi) is 5.41. The molecule has 4 nitrogen and oxygen atoms in total. The topological polar surface area (TPSA) is 58.4 Å². The second kappa shape index (κ2) is 7.29. The molecule has 0 radical (unpaired) electrons. The molecular formula is C16H25N3O. The van der Waals surface area contributed by atoms with Crippen LogP contribution in [0, 0.1) is 5.92 Å². The molecule has 0 spiro atoms. The average molecular weight is 275 g/mol. The van der Waals surface area contributed by atoms with Crippen LogP contribution in [-0.2, 0) is 4.79 Å². The number of piperidine rings is 1. The van der Waals surface area contributed by atoms with Crippen LogP contribution in [0.2, 0.25) is 0 Å². The van der Waals surface area contributed by atoms with Crippen molar-refractivity contribution in [3.8, 4) is 0 Å². The lowest BCUT2D eigenvalue weighted by Gasteiger charge is -2.31. The van der Waals surface area contributed by atoms with Crippen LogP contribution >= 0.6 is 0 Å². The van der Waals surface area contributed by atoms with Crippen molar-refractivity contribution in [2.75, 3.05) is 30.7 Å². The SMILES string of the molecule is CCC1CCN(CCC(=O)Nc2ccc(N)cc2)CC1. The van der Waals surface area contributed by atoms with Crippen LogP contribution in [0.4, 0.5) is 11.4 Å². The molecule has 0 saturated carbocycles. The fourth-order valence-electron chi connectivity index (χ4n) is 2.67. The number of anilines is 2. The van der Waals surface area contributed by atoms with Crippen molar-refractivity contribution in [2.24, 2.45) is 5.92 Å². The molecular weight excluding hydrogens is 250 g/mol. The number of nitrogens with zero attached hydrogens (tertiary/aromatic N) is 1. The Hall–Kier alpha value is -1.55. The molecule has 1 heterocycles. The van der Waals surface area contributed by atoms with E-state index in [1.54, 1.807) is 12.1 Å². The van der Waals surface area contributed by atoms with Crippen molar-refractivity contribution in [3.63, 3.8) is 0 Å². The Morgan fingerprint density at radius 2 is 1.95 bits per heavy atom. The van der Waals surface area contributed by atoms with E-state index < -0.39 is 0 Å². The first-order chi connectivity index (χ1) is 9.67. The third-order valence-corrected chi connectivity index (χ3v) is 4.13. The smallest absolute Gasteiger partial charge is 0.225 e. The molecule has 20 heavy (non-hydrogen) atoms. The third kappa shape index (κ3) is 4.53. The van der Waals surface area contributed by atoms with Gasteiger partial charge < -0.3 is 16.0 Å². The Morgan fingerprint density at radius 3 is 2.55 bits per heavy atom. The molecule has 1 aromatic carbocycles. The monoisotopic (exact) mass is 275 g/mol. The number of nitrogen functional groups attached to an aromatic ring is 1. The molecule has 3 N–H and O–H groups in total. The fraction of sp³-hybridized carbons (Fsp3) is 0.562. The highest BCUT2D eigenvalue weighted by atomic mass is 16.1. The van der Waals surface area contributed by atoms with Crippen molar-refractivity contribution < 1.29 is 4.79 Å². The van der Waals surface area contributed by atoms with E-state index >= 15 is 0 Å². The van der Waals surface area contributed by atoms with Crippen LogP contribution in [0.5, 0.6) is 0 Å². The summed E-state index contributed by atoms with van der Waals surface area (Å²) in [5, 5.41) is 2.91. The van der Waals surface area contributed by atoms with Gasteiger partial charge in [-0.3, -0.25) is 4.79 Å². The van der Waals surface area contributed by atoms with E-state index in [1.807, 2.05) is 12.1 Å². The largest absolute Gasteiger partial charge is 0.399 e. The highest BCUT2D eigenvalue weighted by Crippen LogP contribution is 2.20. The van der Waals surface area contributed by atoms with Crippen molar-refractivity contribution in [1.29, 1.82) is 0 Å². The van der Waals surface area contributed by atoms with E-state index in [1.165, 1.54) is 19.3 Å². The number of hydrogen-bond acceptors (Lipinski definition) is 3. The first kappa shape index (κ1) is 14.9. The van der Waals surface area contributed by atoms with Crippen molar-refractivity contribution in [3.05, 3.63) is 24.3 Å². The van der Waals surface area contributed by atoms with Gasteiger partial charge in [0.1, 0.15) is 0 Å².